The SMILES string of the molecule is O=c1c2ncccc2n(Cc2ccccc2F)c(=O)n1Cc1ccc(Cl)cc1. The number of benzene rings is 2. The molecule has 0 saturated heterocycles. The van der Waals surface area contributed by atoms with Crippen LogP contribution >= 0.6 is 11.6 Å². The maximum Gasteiger partial charge on any atom is 0.332 e. The Labute approximate surface area is 164 Å². The molecule has 0 spiro atoms. The van der Waals surface area contributed by atoms with Crippen LogP contribution in [0.3, 0.4) is 0 Å². The van der Waals surface area contributed by atoms with Crippen LogP contribution in [0, 0.1) is 5.82 Å². The van der Waals surface area contributed by atoms with Crippen LogP contribution in [0.2, 0.25) is 5.02 Å². The van der Waals surface area contributed by atoms with Crippen LogP contribution in [0.1, 0.15) is 11.1 Å². The Bertz CT molecular complexity index is 1280. The molecule has 0 fully saturated rings. The van der Waals surface area contributed by atoms with Crippen LogP contribution < -0.4 is 11.2 Å². The molecule has 0 saturated carbocycles. The first kappa shape index (κ1) is 18.1. The van der Waals surface area contributed by atoms with Crippen molar-refractivity contribution >= 4 is 22.6 Å². The van der Waals surface area contributed by atoms with E-state index in [4.69, 9.17) is 11.6 Å². The zero-order valence-corrected chi connectivity index (χ0v) is 15.4. The molecule has 0 atom stereocenters. The Morgan fingerprint density at radius 2 is 1.64 bits per heavy atom. The zero-order valence-electron chi connectivity index (χ0n) is 14.7. The number of hydrogen-bond donors (Lipinski definition) is 0. The van der Waals surface area contributed by atoms with Gasteiger partial charge in [-0.2, -0.15) is 0 Å². The summed E-state index contributed by atoms with van der Waals surface area (Å²) in [6, 6.07) is 16.4. The van der Waals surface area contributed by atoms with Crippen molar-refractivity contribution in [2.75, 3.05) is 0 Å². The molecule has 0 amide bonds. The second-order valence-electron chi connectivity index (χ2n) is 6.35. The molecular weight excluding hydrogens is 381 g/mol. The van der Waals surface area contributed by atoms with E-state index >= 15 is 0 Å². The normalized spacial score (nSPS) is 11.1. The van der Waals surface area contributed by atoms with E-state index in [0.717, 1.165) is 10.1 Å². The number of rotatable bonds is 4. The maximum atomic E-state index is 14.2. The van der Waals surface area contributed by atoms with Crippen LogP contribution in [0.25, 0.3) is 11.0 Å². The van der Waals surface area contributed by atoms with Gasteiger partial charge in [0.2, 0.25) is 0 Å². The first-order valence-electron chi connectivity index (χ1n) is 8.61. The molecule has 2 heterocycles. The van der Waals surface area contributed by atoms with Crippen molar-refractivity contribution in [3.63, 3.8) is 0 Å². The van der Waals surface area contributed by atoms with Gasteiger partial charge in [0.25, 0.3) is 5.56 Å². The summed E-state index contributed by atoms with van der Waals surface area (Å²) in [7, 11) is 0. The highest BCUT2D eigenvalue weighted by molar-refractivity contribution is 6.30. The molecule has 0 aliphatic heterocycles. The number of aromatic nitrogens is 3. The van der Waals surface area contributed by atoms with Crippen molar-refractivity contribution in [2.24, 2.45) is 0 Å². The fourth-order valence-electron chi connectivity index (χ4n) is 3.10. The van der Waals surface area contributed by atoms with Gasteiger partial charge in [0, 0.05) is 16.8 Å². The van der Waals surface area contributed by atoms with Gasteiger partial charge in [-0.1, -0.05) is 41.9 Å². The van der Waals surface area contributed by atoms with Gasteiger partial charge in [-0.15, -0.1) is 0 Å². The van der Waals surface area contributed by atoms with E-state index < -0.39 is 17.1 Å². The van der Waals surface area contributed by atoms with E-state index in [0.29, 0.717) is 16.1 Å². The molecule has 28 heavy (non-hydrogen) atoms. The lowest BCUT2D eigenvalue weighted by Gasteiger charge is -2.14. The summed E-state index contributed by atoms with van der Waals surface area (Å²) in [5, 5.41) is 0.563. The highest BCUT2D eigenvalue weighted by Gasteiger charge is 2.15. The molecule has 4 aromatic rings. The molecule has 0 N–H and O–H groups in total. The fourth-order valence-corrected chi connectivity index (χ4v) is 3.23. The minimum absolute atomic E-state index is 0.00536. The first-order valence-corrected chi connectivity index (χ1v) is 8.98. The van der Waals surface area contributed by atoms with Gasteiger partial charge < -0.3 is 0 Å². The number of nitrogens with zero attached hydrogens (tertiary/aromatic N) is 3. The van der Waals surface area contributed by atoms with Crippen molar-refractivity contribution < 1.29 is 4.39 Å². The molecule has 4 rings (SSSR count). The van der Waals surface area contributed by atoms with E-state index in [2.05, 4.69) is 4.98 Å². The van der Waals surface area contributed by atoms with Gasteiger partial charge in [0.15, 0.2) is 5.52 Å². The lowest BCUT2D eigenvalue weighted by atomic mass is 10.2. The second-order valence-corrected chi connectivity index (χ2v) is 6.79. The lowest BCUT2D eigenvalue weighted by Crippen LogP contribution is -2.41. The third-order valence-electron chi connectivity index (χ3n) is 4.53. The van der Waals surface area contributed by atoms with Crippen molar-refractivity contribution in [1.29, 1.82) is 0 Å². The summed E-state index contributed by atoms with van der Waals surface area (Å²) < 4.78 is 16.6. The first-order chi connectivity index (χ1) is 13.5. The minimum atomic E-state index is -0.524. The highest BCUT2D eigenvalue weighted by Crippen LogP contribution is 2.13. The largest absolute Gasteiger partial charge is 0.332 e. The van der Waals surface area contributed by atoms with Gasteiger partial charge in [0.1, 0.15) is 5.82 Å². The quantitative estimate of drug-likeness (QED) is 0.532. The molecule has 5 nitrogen and oxygen atoms in total. The Hall–Kier alpha value is -3.25. The molecule has 0 aliphatic rings. The highest BCUT2D eigenvalue weighted by atomic mass is 35.5. The van der Waals surface area contributed by atoms with Crippen LogP contribution in [-0.4, -0.2) is 14.1 Å². The minimum Gasteiger partial charge on any atom is -0.287 e. The third kappa shape index (κ3) is 3.34. The standard InChI is InChI=1S/C21H15ClFN3O2/c22-16-9-7-14(8-10-16)12-26-20(27)19-18(6-3-11-24-19)25(21(26)28)13-15-4-1-2-5-17(15)23/h1-11H,12-13H2. The molecular formula is C21H15ClFN3O2. The molecule has 2 aromatic carbocycles. The molecule has 0 radical (unpaired) electrons. The van der Waals surface area contributed by atoms with Crippen molar-refractivity contribution in [3.8, 4) is 0 Å². The van der Waals surface area contributed by atoms with Gasteiger partial charge >= 0.3 is 5.69 Å². The number of fused-ring (bicyclic) bond motifs is 1. The zero-order chi connectivity index (χ0) is 19.7. The van der Waals surface area contributed by atoms with Gasteiger partial charge in [-0.25, -0.2) is 14.2 Å². The number of hydrogen-bond acceptors (Lipinski definition) is 3. The molecule has 0 aliphatic carbocycles. The predicted molar refractivity (Wildman–Crippen MR) is 106 cm³/mol. The average Bonchev–Trinajstić information content (AvgIpc) is 2.71. The summed E-state index contributed by atoms with van der Waals surface area (Å²) >= 11 is 5.91. The smallest absolute Gasteiger partial charge is 0.287 e. The molecule has 0 unspecified atom stereocenters. The van der Waals surface area contributed by atoms with E-state index in [-0.39, 0.29) is 18.6 Å². The van der Waals surface area contributed by atoms with Crippen molar-refractivity contribution in [3.05, 3.63) is 110 Å². The van der Waals surface area contributed by atoms with E-state index in [1.165, 1.54) is 16.8 Å². The van der Waals surface area contributed by atoms with Gasteiger partial charge in [0.05, 0.1) is 18.6 Å². The monoisotopic (exact) mass is 395 g/mol. The fraction of sp³-hybridized carbons (Fsp3) is 0.0952. The van der Waals surface area contributed by atoms with E-state index in [1.807, 2.05) is 0 Å². The van der Waals surface area contributed by atoms with Crippen molar-refractivity contribution in [2.45, 2.75) is 13.1 Å². The van der Waals surface area contributed by atoms with Crippen LogP contribution in [0.5, 0.6) is 0 Å². The second kappa shape index (κ2) is 7.40. The predicted octanol–water partition coefficient (Wildman–Crippen LogP) is 3.45. The molecule has 7 heteroatoms. The summed E-state index contributed by atoms with van der Waals surface area (Å²) in [4.78, 5) is 30.2. The lowest BCUT2D eigenvalue weighted by molar-refractivity contribution is 0.583. The van der Waals surface area contributed by atoms with Crippen LogP contribution in [0.4, 0.5) is 4.39 Å². The number of pyridine rings is 1. The summed E-state index contributed by atoms with van der Waals surface area (Å²) in [6.45, 7) is 0.0627. The molecule has 2 aromatic heterocycles. The topological polar surface area (TPSA) is 56.9 Å². The van der Waals surface area contributed by atoms with Gasteiger partial charge in [-0.05, 0) is 35.9 Å². The van der Waals surface area contributed by atoms with Gasteiger partial charge in [-0.3, -0.25) is 13.9 Å². The summed E-state index contributed by atoms with van der Waals surface area (Å²) in [6.07, 6.45) is 1.49. The average molecular weight is 396 g/mol. The molecule has 0 bridgehead atoms. The molecule has 140 valence electrons. The summed E-state index contributed by atoms with van der Waals surface area (Å²) in [5.74, 6) is -0.415. The number of halogens is 2. The van der Waals surface area contributed by atoms with E-state index in [1.54, 1.807) is 54.6 Å². The van der Waals surface area contributed by atoms with Crippen LogP contribution in [0.15, 0.2) is 76.4 Å². The van der Waals surface area contributed by atoms with E-state index in [9.17, 15) is 14.0 Å². The Kier molecular flexibility index (Phi) is 4.79. The van der Waals surface area contributed by atoms with Crippen molar-refractivity contribution in [1.82, 2.24) is 14.1 Å². The summed E-state index contributed by atoms with van der Waals surface area (Å²) in [5.41, 5.74) is 0.618. The Morgan fingerprint density at radius 1 is 0.893 bits per heavy atom. The Morgan fingerprint density at radius 3 is 2.39 bits per heavy atom. The van der Waals surface area contributed by atoms with Crippen LogP contribution in [-0.2, 0) is 13.1 Å². The Balaban J connectivity index is 1.91. The maximum absolute atomic E-state index is 14.2. The third-order valence-corrected chi connectivity index (χ3v) is 4.78.